The maximum absolute atomic E-state index is 14.0. The van der Waals surface area contributed by atoms with Crippen LogP contribution < -0.4 is 5.73 Å². The van der Waals surface area contributed by atoms with Crippen molar-refractivity contribution in [2.75, 3.05) is 6.54 Å². The summed E-state index contributed by atoms with van der Waals surface area (Å²) in [5.74, 6) is -0.929. The Labute approximate surface area is 193 Å². The summed E-state index contributed by atoms with van der Waals surface area (Å²) in [5.41, 5.74) is 8.80. The van der Waals surface area contributed by atoms with E-state index in [1.165, 1.54) is 11.6 Å². The van der Waals surface area contributed by atoms with Gasteiger partial charge in [0.2, 0.25) is 0 Å². The number of nitrogens with two attached hydrogens (primary N) is 1. The molecule has 32 heavy (non-hydrogen) atoms. The molecule has 0 aliphatic heterocycles. The average Bonchev–Trinajstić information content (AvgIpc) is 2.75. The van der Waals surface area contributed by atoms with Gasteiger partial charge in [-0.1, -0.05) is 101 Å². The molecule has 0 fully saturated rings. The van der Waals surface area contributed by atoms with Crippen LogP contribution in [-0.4, -0.2) is 17.6 Å². The number of carboxylic acid groups (broad SMARTS) is 1. The third-order valence-electron chi connectivity index (χ3n) is 5.23. The van der Waals surface area contributed by atoms with E-state index in [1.54, 1.807) is 19.1 Å². The Morgan fingerprint density at radius 1 is 0.875 bits per heavy atom. The van der Waals surface area contributed by atoms with Crippen LogP contribution >= 0.6 is 0 Å². The Morgan fingerprint density at radius 2 is 1.41 bits per heavy atom. The lowest BCUT2D eigenvalue weighted by atomic mass is 9.89. The molecule has 3 aromatic carbocycles. The summed E-state index contributed by atoms with van der Waals surface area (Å²) in [7, 11) is 0. The van der Waals surface area contributed by atoms with E-state index in [0.29, 0.717) is 23.0 Å². The molecule has 3 rings (SSSR count). The molecule has 0 saturated carbocycles. The van der Waals surface area contributed by atoms with Crippen LogP contribution in [0.2, 0.25) is 0 Å². The van der Waals surface area contributed by atoms with Crippen molar-refractivity contribution in [2.24, 2.45) is 11.7 Å². The number of carbonyl (C=O) groups is 1. The summed E-state index contributed by atoms with van der Waals surface area (Å²) < 4.78 is 14.0. The molecule has 0 aliphatic carbocycles. The standard InChI is InChI=1S/C15H13FO2.C11H17N.2CH4/c1-10(15(17)18)12-7-8-13(14(16)9-12)11-5-3-2-4-6-11;1-9(2)11(8-12)10-6-4-3-5-7-10;;/h2-10H,1H3,(H,17,18);3-7,9,11H,8,12H2,1-2H3;2*1H4/t10-;11-;;/m11../s1. The number of carboxylic acids is 1. The molecule has 0 spiro atoms. The van der Waals surface area contributed by atoms with Crippen molar-refractivity contribution in [3.05, 3.63) is 95.8 Å². The number of hydrogen-bond acceptors (Lipinski definition) is 2. The maximum atomic E-state index is 14.0. The highest BCUT2D eigenvalue weighted by atomic mass is 19.1. The van der Waals surface area contributed by atoms with E-state index in [0.717, 1.165) is 12.1 Å². The van der Waals surface area contributed by atoms with E-state index >= 15 is 0 Å². The van der Waals surface area contributed by atoms with Crippen molar-refractivity contribution in [1.29, 1.82) is 0 Å². The normalized spacial score (nSPS) is 11.8. The molecule has 0 saturated heterocycles. The predicted octanol–water partition coefficient (Wildman–Crippen LogP) is 7.34. The molecule has 0 unspecified atom stereocenters. The lowest BCUT2D eigenvalue weighted by molar-refractivity contribution is -0.138. The summed E-state index contributed by atoms with van der Waals surface area (Å²) >= 11 is 0. The Morgan fingerprint density at radius 3 is 1.84 bits per heavy atom. The third-order valence-corrected chi connectivity index (χ3v) is 5.23. The van der Waals surface area contributed by atoms with Crippen LogP contribution in [0.3, 0.4) is 0 Å². The predicted molar refractivity (Wildman–Crippen MR) is 134 cm³/mol. The second-order valence-corrected chi connectivity index (χ2v) is 7.66. The highest BCUT2D eigenvalue weighted by Gasteiger charge is 2.16. The quantitative estimate of drug-likeness (QED) is 0.422. The van der Waals surface area contributed by atoms with Gasteiger partial charge in [0, 0.05) is 5.56 Å². The molecule has 0 radical (unpaired) electrons. The maximum Gasteiger partial charge on any atom is 0.310 e. The van der Waals surface area contributed by atoms with Crippen molar-refractivity contribution in [3.8, 4) is 11.1 Å². The number of benzene rings is 3. The smallest absolute Gasteiger partial charge is 0.310 e. The van der Waals surface area contributed by atoms with E-state index in [4.69, 9.17) is 10.8 Å². The molecular weight excluding hydrogens is 401 g/mol. The molecule has 4 heteroatoms. The first-order valence-corrected chi connectivity index (χ1v) is 10.2. The molecule has 0 bridgehead atoms. The van der Waals surface area contributed by atoms with Crippen LogP contribution in [0.1, 0.15) is 58.6 Å². The fourth-order valence-electron chi connectivity index (χ4n) is 3.29. The fourth-order valence-corrected chi connectivity index (χ4v) is 3.29. The number of aliphatic carboxylic acids is 1. The van der Waals surface area contributed by atoms with Gasteiger partial charge in [0.1, 0.15) is 5.82 Å². The van der Waals surface area contributed by atoms with Gasteiger partial charge in [-0.2, -0.15) is 0 Å². The highest BCUT2D eigenvalue weighted by Crippen LogP contribution is 2.26. The number of halogens is 1. The van der Waals surface area contributed by atoms with Gasteiger partial charge in [-0.05, 0) is 48.1 Å². The molecule has 0 aromatic heterocycles. The molecule has 0 aliphatic rings. The molecule has 3 nitrogen and oxygen atoms in total. The first-order chi connectivity index (χ1) is 14.3. The molecule has 2 atom stereocenters. The minimum absolute atomic E-state index is 0. The SMILES string of the molecule is C.C.CC(C)[C@@H](CN)c1ccccc1.C[C@@H](C(=O)O)c1ccc(-c2ccccc2)c(F)c1. The van der Waals surface area contributed by atoms with E-state index < -0.39 is 17.7 Å². The van der Waals surface area contributed by atoms with Crippen molar-refractivity contribution in [3.63, 3.8) is 0 Å². The minimum Gasteiger partial charge on any atom is -0.481 e. The third kappa shape index (κ3) is 7.93. The number of rotatable bonds is 6. The summed E-state index contributed by atoms with van der Waals surface area (Å²) in [6.45, 7) is 6.70. The van der Waals surface area contributed by atoms with Crippen LogP contribution in [0.4, 0.5) is 4.39 Å². The topological polar surface area (TPSA) is 63.3 Å². The summed E-state index contributed by atoms with van der Waals surface area (Å²) in [4.78, 5) is 10.8. The molecule has 3 N–H and O–H groups in total. The van der Waals surface area contributed by atoms with Gasteiger partial charge in [-0.15, -0.1) is 0 Å². The van der Waals surface area contributed by atoms with Gasteiger partial charge >= 0.3 is 5.97 Å². The molecule has 174 valence electrons. The Balaban J connectivity index is 0.000000607. The van der Waals surface area contributed by atoms with E-state index in [2.05, 4.69) is 38.1 Å². The highest BCUT2D eigenvalue weighted by molar-refractivity contribution is 5.76. The Hall–Kier alpha value is -2.98. The second kappa shape index (κ2) is 14.2. The van der Waals surface area contributed by atoms with Crippen molar-refractivity contribution < 1.29 is 14.3 Å². The zero-order valence-corrected chi connectivity index (χ0v) is 17.8. The Kier molecular flexibility index (Phi) is 12.8. The Bertz CT molecular complexity index is 927. The van der Waals surface area contributed by atoms with Gasteiger partial charge in [0.25, 0.3) is 0 Å². The first-order valence-electron chi connectivity index (χ1n) is 10.2. The minimum atomic E-state index is -0.957. The fraction of sp³-hybridized carbons (Fsp3) is 0.321. The van der Waals surface area contributed by atoms with Gasteiger partial charge in [-0.3, -0.25) is 4.79 Å². The van der Waals surface area contributed by atoms with E-state index in [1.807, 2.05) is 36.4 Å². The van der Waals surface area contributed by atoms with E-state index in [-0.39, 0.29) is 14.9 Å². The van der Waals surface area contributed by atoms with Gasteiger partial charge in [0.05, 0.1) is 5.92 Å². The monoisotopic (exact) mass is 439 g/mol. The summed E-state index contributed by atoms with van der Waals surface area (Å²) in [6.07, 6.45) is 0. The van der Waals surface area contributed by atoms with Crippen molar-refractivity contribution >= 4 is 5.97 Å². The molecule has 3 aromatic rings. The van der Waals surface area contributed by atoms with Gasteiger partial charge < -0.3 is 10.8 Å². The lowest BCUT2D eigenvalue weighted by Gasteiger charge is -2.18. The molecule has 0 heterocycles. The summed E-state index contributed by atoms with van der Waals surface area (Å²) in [6, 6.07) is 24.2. The van der Waals surface area contributed by atoms with Crippen molar-refractivity contribution in [1.82, 2.24) is 0 Å². The largest absolute Gasteiger partial charge is 0.481 e. The zero-order valence-electron chi connectivity index (χ0n) is 17.8. The van der Waals surface area contributed by atoms with Crippen molar-refractivity contribution in [2.45, 2.75) is 47.5 Å². The summed E-state index contributed by atoms with van der Waals surface area (Å²) in [5, 5.41) is 8.89. The average molecular weight is 440 g/mol. The van der Waals surface area contributed by atoms with Crippen LogP contribution in [-0.2, 0) is 4.79 Å². The second-order valence-electron chi connectivity index (χ2n) is 7.66. The molecular formula is C28H38FNO2. The lowest BCUT2D eigenvalue weighted by Crippen LogP contribution is -2.17. The van der Waals surface area contributed by atoms with Crippen LogP contribution in [0, 0.1) is 11.7 Å². The van der Waals surface area contributed by atoms with Crippen LogP contribution in [0.15, 0.2) is 78.9 Å². The van der Waals surface area contributed by atoms with E-state index in [9.17, 15) is 9.18 Å². The first kappa shape index (κ1) is 29.0. The van der Waals surface area contributed by atoms with Crippen LogP contribution in [0.25, 0.3) is 11.1 Å². The van der Waals surface area contributed by atoms with Gasteiger partial charge in [0.15, 0.2) is 0 Å². The van der Waals surface area contributed by atoms with Crippen LogP contribution in [0.5, 0.6) is 0 Å². The van der Waals surface area contributed by atoms with Gasteiger partial charge in [-0.25, -0.2) is 4.39 Å². The molecule has 0 amide bonds. The zero-order chi connectivity index (χ0) is 22.1. The number of hydrogen-bond donors (Lipinski definition) is 2.